The first-order chi connectivity index (χ1) is 20.8. The lowest BCUT2D eigenvalue weighted by molar-refractivity contribution is 0.669. The van der Waals surface area contributed by atoms with Gasteiger partial charge in [0, 0.05) is 28.3 Å². The molecule has 0 radical (unpaired) electrons. The highest BCUT2D eigenvalue weighted by atomic mass is 16.3. The van der Waals surface area contributed by atoms with E-state index in [4.69, 9.17) is 19.4 Å². The van der Waals surface area contributed by atoms with Crippen LogP contribution in [-0.4, -0.2) is 15.0 Å². The second-order valence-corrected chi connectivity index (χ2v) is 10.5. The summed E-state index contributed by atoms with van der Waals surface area (Å²) in [6, 6.07) is 47.9. The Balaban J connectivity index is 1.34. The third-order valence-corrected chi connectivity index (χ3v) is 7.72. The van der Waals surface area contributed by atoms with Crippen LogP contribution in [0.15, 0.2) is 144 Å². The molecule has 0 amide bonds. The van der Waals surface area contributed by atoms with Crippen molar-refractivity contribution in [1.82, 2.24) is 15.0 Å². The van der Waals surface area contributed by atoms with E-state index >= 15 is 0 Å². The van der Waals surface area contributed by atoms with Crippen LogP contribution in [0, 0.1) is 0 Å². The highest BCUT2D eigenvalue weighted by molar-refractivity contribution is 6.15. The fraction of sp³-hybridized carbons (Fsp3) is 0.0263. The maximum Gasteiger partial charge on any atom is 0.164 e. The van der Waals surface area contributed by atoms with Crippen LogP contribution >= 0.6 is 0 Å². The Kier molecular flexibility index (Phi) is 5.82. The fourth-order valence-electron chi connectivity index (χ4n) is 5.69. The molecule has 0 N–H and O–H groups in total. The van der Waals surface area contributed by atoms with Crippen LogP contribution < -0.4 is 0 Å². The monoisotopic (exact) mass is 539 g/mol. The molecule has 0 bridgehead atoms. The van der Waals surface area contributed by atoms with Crippen LogP contribution in [0.25, 0.3) is 66.6 Å². The van der Waals surface area contributed by atoms with Crippen molar-refractivity contribution in [3.05, 3.63) is 151 Å². The highest BCUT2D eigenvalue weighted by Gasteiger charge is 2.18. The summed E-state index contributed by atoms with van der Waals surface area (Å²) in [6.07, 6.45) is 0.606. The smallest absolute Gasteiger partial charge is 0.164 e. The molecule has 198 valence electrons. The van der Waals surface area contributed by atoms with Crippen LogP contribution in [0.1, 0.15) is 11.4 Å². The number of furan rings is 1. The number of rotatable bonds is 5. The van der Waals surface area contributed by atoms with E-state index in [1.807, 2.05) is 36.4 Å². The summed E-state index contributed by atoms with van der Waals surface area (Å²) in [5, 5.41) is 4.38. The number of fused-ring (bicyclic) bond motifs is 4. The number of nitrogens with zero attached hydrogens (tertiary/aromatic N) is 3. The van der Waals surface area contributed by atoms with Gasteiger partial charge in [-0.3, -0.25) is 0 Å². The summed E-state index contributed by atoms with van der Waals surface area (Å²) in [4.78, 5) is 15.1. The minimum absolute atomic E-state index is 0.606. The van der Waals surface area contributed by atoms with Crippen LogP contribution in [0.3, 0.4) is 0 Å². The summed E-state index contributed by atoms with van der Waals surface area (Å²) < 4.78 is 6.36. The van der Waals surface area contributed by atoms with Crippen molar-refractivity contribution >= 4 is 32.7 Å². The molecule has 4 heteroatoms. The van der Waals surface area contributed by atoms with Crippen LogP contribution in [0.4, 0.5) is 0 Å². The van der Waals surface area contributed by atoms with E-state index in [1.54, 1.807) is 0 Å². The summed E-state index contributed by atoms with van der Waals surface area (Å²) in [7, 11) is 0. The lowest BCUT2D eigenvalue weighted by atomic mass is 10.0. The molecule has 0 spiro atoms. The standard InChI is InChI=1S/C38H25N3O/c1-3-11-25(12-4-1)21-35-39-37(30-18-9-17-27(22-30)26-13-5-2-6-14-26)41-38(40-35)31-19-10-20-33-36(31)32-23-28-15-7-8-16-29(28)24-34(32)42-33/h1-20,22-24H,21H2. The number of hydrogen-bond donors (Lipinski definition) is 0. The van der Waals surface area contributed by atoms with Gasteiger partial charge in [0.15, 0.2) is 11.6 Å². The van der Waals surface area contributed by atoms with Gasteiger partial charge in [0.1, 0.15) is 17.0 Å². The molecule has 8 aromatic rings. The Bertz CT molecular complexity index is 2220. The third-order valence-electron chi connectivity index (χ3n) is 7.72. The van der Waals surface area contributed by atoms with Crippen molar-refractivity contribution in [1.29, 1.82) is 0 Å². The predicted octanol–water partition coefficient (Wildman–Crippen LogP) is 9.52. The Morgan fingerprint density at radius 3 is 1.98 bits per heavy atom. The van der Waals surface area contributed by atoms with Crippen LogP contribution in [0.2, 0.25) is 0 Å². The molecule has 0 unspecified atom stereocenters. The van der Waals surface area contributed by atoms with Crippen LogP contribution in [0.5, 0.6) is 0 Å². The third kappa shape index (κ3) is 4.40. The summed E-state index contributed by atoms with van der Waals surface area (Å²) >= 11 is 0. The molecule has 0 aliphatic heterocycles. The van der Waals surface area contributed by atoms with Gasteiger partial charge in [0.2, 0.25) is 0 Å². The first-order valence-electron chi connectivity index (χ1n) is 14.1. The van der Waals surface area contributed by atoms with Crippen molar-refractivity contribution in [2.45, 2.75) is 6.42 Å². The molecular weight excluding hydrogens is 514 g/mol. The molecule has 42 heavy (non-hydrogen) atoms. The second kappa shape index (κ2) is 10.1. The SMILES string of the molecule is c1ccc(Cc2nc(-c3cccc(-c4ccccc4)c3)nc(-c3cccc4oc5cc6ccccc6cc5c34)n2)cc1. The van der Waals surface area contributed by atoms with Gasteiger partial charge in [0.25, 0.3) is 0 Å². The predicted molar refractivity (Wildman–Crippen MR) is 170 cm³/mol. The Morgan fingerprint density at radius 1 is 0.476 bits per heavy atom. The van der Waals surface area contributed by atoms with Crippen molar-refractivity contribution in [2.75, 3.05) is 0 Å². The summed E-state index contributed by atoms with van der Waals surface area (Å²) in [6.45, 7) is 0. The minimum Gasteiger partial charge on any atom is -0.456 e. The van der Waals surface area contributed by atoms with Gasteiger partial charge in [0.05, 0.1) is 0 Å². The van der Waals surface area contributed by atoms with Crippen molar-refractivity contribution < 1.29 is 4.42 Å². The number of aromatic nitrogens is 3. The first kappa shape index (κ1) is 24.2. The van der Waals surface area contributed by atoms with Gasteiger partial charge >= 0.3 is 0 Å². The summed E-state index contributed by atoms with van der Waals surface area (Å²) in [5.74, 6) is 2.01. The number of hydrogen-bond acceptors (Lipinski definition) is 4. The molecule has 0 saturated carbocycles. The molecule has 0 saturated heterocycles. The zero-order valence-corrected chi connectivity index (χ0v) is 22.7. The van der Waals surface area contributed by atoms with Crippen molar-refractivity contribution in [3.8, 4) is 33.9 Å². The fourth-order valence-corrected chi connectivity index (χ4v) is 5.69. The van der Waals surface area contributed by atoms with Gasteiger partial charge in [-0.15, -0.1) is 0 Å². The molecule has 2 aromatic heterocycles. The second-order valence-electron chi connectivity index (χ2n) is 10.5. The molecule has 6 aromatic carbocycles. The summed E-state index contributed by atoms with van der Waals surface area (Å²) in [5.41, 5.74) is 6.97. The molecule has 8 rings (SSSR count). The zero-order valence-electron chi connectivity index (χ0n) is 22.7. The Hall–Kier alpha value is -5.61. The average Bonchev–Trinajstić information content (AvgIpc) is 3.42. The quantitative estimate of drug-likeness (QED) is 0.219. The zero-order chi connectivity index (χ0) is 27.9. The van der Waals surface area contributed by atoms with Crippen molar-refractivity contribution in [3.63, 3.8) is 0 Å². The van der Waals surface area contributed by atoms with Gasteiger partial charge in [-0.05, 0) is 51.7 Å². The normalized spacial score (nSPS) is 11.4. The molecule has 0 atom stereocenters. The topological polar surface area (TPSA) is 51.8 Å². The molecule has 4 nitrogen and oxygen atoms in total. The minimum atomic E-state index is 0.606. The van der Waals surface area contributed by atoms with E-state index in [2.05, 4.69) is 103 Å². The lowest BCUT2D eigenvalue weighted by Gasteiger charge is -2.10. The van der Waals surface area contributed by atoms with E-state index in [-0.39, 0.29) is 0 Å². The van der Waals surface area contributed by atoms with Crippen molar-refractivity contribution in [2.24, 2.45) is 0 Å². The van der Waals surface area contributed by atoms with E-state index in [9.17, 15) is 0 Å². The maximum atomic E-state index is 6.36. The van der Waals surface area contributed by atoms with Gasteiger partial charge in [-0.25, -0.2) is 15.0 Å². The maximum absolute atomic E-state index is 6.36. The first-order valence-corrected chi connectivity index (χ1v) is 14.1. The lowest BCUT2D eigenvalue weighted by Crippen LogP contribution is -2.04. The Morgan fingerprint density at radius 2 is 1.14 bits per heavy atom. The van der Waals surface area contributed by atoms with E-state index in [1.165, 1.54) is 5.39 Å². The molecule has 0 fully saturated rings. The highest BCUT2D eigenvalue weighted by Crippen LogP contribution is 2.38. The van der Waals surface area contributed by atoms with Gasteiger partial charge < -0.3 is 4.42 Å². The Labute approximate surface area is 243 Å². The molecule has 0 aliphatic carbocycles. The van der Waals surface area contributed by atoms with E-state index in [0.29, 0.717) is 18.1 Å². The molecule has 0 aliphatic rings. The largest absolute Gasteiger partial charge is 0.456 e. The van der Waals surface area contributed by atoms with E-state index < -0.39 is 0 Å². The van der Waals surface area contributed by atoms with Crippen LogP contribution in [-0.2, 0) is 6.42 Å². The van der Waals surface area contributed by atoms with Gasteiger partial charge in [-0.2, -0.15) is 0 Å². The molecular formula is C38H25N3O. The average molecular weight is 540 g/mol. The number of benzene rings is 6. The molecule has 2 heterocycles. The van der Waals surface area contributed by atoms with E-state index in [0.717, 1.165) is 61.0 Å². The van der Waals surface area contributed by atoms with Gasteiger partial charge in [-0.1, -0.05) is 115 Å².